The van der Waals surface area contributed by atoms with Gasteiger partial charge in [-0.25, -0.2) is 0 Å². The van der Waals surface area contributed by atoms with Gasteiger partial charge in [-0.2, -0.15) is 0 Å². The number of aromatic hydroxyl groups is 2. The Balaban J connectivity index is 1.70. The lowest BCUT2D eigenvalue weighted by Crippen LogP contribution is -2.00. The van der Waals surface area contributed by atoms with Crippen LogP contribution in [0.25, 0.3) is 0 Å². The molecule has 6 heteroatoms. The van der Waals surface area contributed by atoms with Crippen LogP contribution in [0, 0.1) is 0 Å². The molecule has 1 heterocycles. The van der Waals surface area contributed by atoms with Gasteiger partial charge in [0.1, 0.15) is 0 Å². The van der Waals surface area contributed by atoms with Crippen molar-refractivity contribution >= 4 is 12.4 Å². The van der Waals surface area contributed by atoms with Crippen molar-refractivity contribution < 1.29 is 19.7 Å². The van der Waals surface area contributed by atoms with Gasteiger partial charge in [0.2, 0.25) is 0 Å². The second-order valence-corrected chi connectivity index (χ2v) is 6.92. The van der Waals surface area contributed by atoms with Gasteiger partial charge in [0.25, 0.3) is 0 Å². The van der Waals surface area contributed by atoms with E-state index in [9.17, 15) is 10.2 Å². The number of nitrogens with zero attached hydrogens (tertiary/aromatic N) is 2. The average Bonchev–Trinajstić information content (AvgIpc) is 2.72. The van der Waals surface area contributed by atoms with Crippen molar-refractivity contribution in [1.29, 1.82) is 0 Å². The van der Waals surface area contributed by atoms with Crippen LogP contribution < -0.4 is 9.47 Å². The molecule has 4 bridgehead atoms. The van der Waals surface area contributed by atoms with Gasteiger partial charge in [-0.05, 0) is 37.1 Å². The summed E-state index contributed by atoms with van der Waals surface area (Å²) in [6.45, 7) is 2.08. The molecule has 1 aliphatic heterocycles. The molecule has 2 N–H and O–H groups in total. The van der Waals surface area contributed by atoms with Gasteiger partial charge >= 0.3 is 0 Å². The van der Waals surface area contributed by atoms with Gasteiger partial charge in [0.15, 0.2) is 23.0 Å². The standard InChI is InChI=1S/C23H28N2O4/c26-22-18-8-6-10-20(22)28-14-4-2-1-3-5-15-29-21-11-7-9-19(23(21)27)17-25-13-12-24-16-18/h6-11,16-17,26-27H,1-5,12-15H2. The van der Waals surface area contributed by atoms with Crippen LogP contribution in [0.2, 0.25) is 0 Å². The van der Waals surface area contributed by atoms with Crippen LogP contribution in [0.1, 0.15) is 43.2 Å². The molecule has 2 aromatic rings. The maximum absolute atomic E-state index is 10.4. The molecule has 1 aliphatic rings. The van der Waals surface area contributed by atoms with E-state index in [1.807, 2.05) is 12.1 Å². The minimum Gasteiger partial charge on any atom is -0.504 e. The minimum absolute atomic E-state index is 0.115. The summed E-state index contributed by atoms with van der Waals surface area (Å²) in [6, 6.07) is 10.8. The molecule has 6 nitrogen and oxygen atoms in total. The minimum atomic E-state index is 0.115. The molecule has 3 rings (SSSR count). The summed E-state index contributed by atoms with van der Waals surface area (Å²) in [5.41, 5.74) is 1.25. The summed E-state index contributed by atoms with van der Waals surface area (Å²) in [6.07, 6.45) is 8.32. The molecule has 0 saturated heterocycles. The fourth-order valence-corrected chi connectivity index (χ4v) is 3.06. The largest absolute Gasteiger partial charge is 0.504 e. The monoisotopic (exact) mass is 396 g/mol. The topological polar surface area (TPSA) is 83.6 Å². The first-order valence-corrected chi connectivity index (χ1v) is 10.1. The Labute approximate surface area is 171 Å². The molecule has 2 aromatic carbocycles. The second kappa shape index (κ2) is 11.1. The average molecular weight is 396 g/mol. The van der Waals surface area contributed by atoms with Gasteiger partial charge in [-0.1, -0.05) is 31.4 Å². The molecule has 0 amide bonds. The van der Waals surface area contributed by atoms with Gasteiger partial charge < -0.3 is 19.7 Å². The van der Waals surface area contributed by atoms with Crippen molar-refractivity contribution in [2.75, 3.05) is 26.3 Å². The molecule has 0 fully saturated rings. The van der Waals surface area contributed by atoms with Crippen molar-refractivity contribution in [3.63, 3.8) is 0 Å². The van der Waals surface area contributed by atoms with Gasteiger partial charge in [-0.15, -0.1) is 0 Å². The number of phenols is 2. The third-order valence-electron chi connectivity index (χ3n) is 4.68. The number of ether oxygens (including phenoxy) is 2. The molecule has 0 aliphatic carbocycles. The fourth-order valence-electron chi connectivity index (χ4n) is 3.06. The number of benzene rings is 2. The second-order valence-electron chi connectivity index (χ2n) is 6.92. The lowest BCUT2D eigenvalue weighted by atomic mass is 10.1. The van der Waals surface area contributed by atoms with E-state index in [0.29, 0.717) is 48.9 Å². The molecule has 0 saturated carbocycles. The van der Waals surface area contributed by atoms with Crippen molar-refractivity contribution in [1.82, 2.24) is 0 Å². The number of hydrogen-bond acceptors (Lipinski definition) is 6. The molecular formula is C23H28N2O4. The quantitative estimate of drug-likeness (QED) is 0.693. The first-order valence-electron chi connectivity index (χ1n) is 10.1. The molecule has 0 radical (unpaired) electrons. The molecule has 0 unspecified atom stereocenters. The van der Waals surface area contributed by atoms with E-state index in [4.69, 9.17) is 9.47 Å². The van der Waals surface area contributed by atoms with Crippen LogP contribution in [0.3, 0.4) is 0 Å². The van der Waals surface area contributed by atoms with Crippen LogP contribution in [-0.2, 0) is 0 Å². The summed E-state index contributed by atoms with van der Waals surface area (Å²) < 4.78 is 11.5. The maximum Gasteiger partial charge on any atom is 0.166 e. The van der Waals surface area contributed by atoms with E-state index in [2.05, 4.69) is 9.98 Å². The lowest BCUT2D eigenvalue weighted by Gasteiger charge is -2.10. The van der Waals surface area contributed by atoms with Crippen LogP contribution in [0.5, 0.6) is 23.0 Å². The number of phenolic OH excluding ortho intramolecular Hbond substituents is 2. The maximum atomic E-state index is 10.4. The Bertz CT molecular complexity index is 779. The number of hydrogen-bond donors (Lipinski definition) is 2. The van der Waals surface area contributed by atoms with E-state index >= 15 is 0 Å². The summed E-state index contributed by atoms with van der Waals surface area (Å²) in [5.74, 6) is 1.20. The first kappa shape index (κ1) is 20.7. The number of para-hydroxylation sites is 2. The Hall–Kier alpha value is -3.02. The van der Waals surface area contributed by atoms with Gasteiger partial charge in [0, 0.05) is 23.6 Å². The van der Waals surface area contributed by atoms with E-state index in [1.54, 1.807) is 36.7 Å². The van der Waals surface area contributed by atoms with E-state index in [1.165, 1.54) is 0 Å². The molecule has 0 spiro atoms. The summed E-state index contributed by atoms with van der Waals surface area (Å²) in [4.78, 5) is 8.64. The summed E-state index contributed by atoms with van der Waals surface area (Å²) >= 11 is 0. The van der Waals surface area contributed by atoms with Crippen LogP contribution in [0.4, 0.5) is 0 Å². The highest BCUT2D eigenvalue weighted by Crippen LogP contribution is 2.30. The van der Waals surface area contributed by atoms with Crippen molar-refractivity contribution in [2.24, 2.45) is 9.98 Å². The highest BCUT2D eigenvalue weighted by Gasteiger charge is 2.08. The Morgan fingerprint density at radius 2 is 1.07 bits per heavy atom. The SMILES string of the molecule is Oc1c2cccc1OCCCCCCCOc1cccc(c1O)C=NCCN=C2. The smallest absolute Gasteiger partial charge is 0.166 e. The molecule has 154 valence electrons. The zero-order valence-electron chi connectivity index (χ0n) is 16.6. The molecule has 0 aromatic heterocycles. The normalized spacial score (nSPS) is 16.3. The van der Waals surface area contributed by atoms with Gasteiger partial charge in [0.05, 0.1) is 26.3 Å². The van der Waals surface area contributed by atoms with E-state index in [0.717, 1.165) is 32.1 Å². The Morgan fingerprint density at radius 3 is 1.55 bits per heavy atom. The van der Waals surface area contributed by atoms with Crippen molar-refractivity contribution in [3.8, 4) is 23.0 Å². The Kier molecular flexibility index (Phi) is 7.92. The molecular weight excluding hydrogens is 368 g/mol. The number of fused-ring (bicyclic) bond motifs is 4. The van der Waals surface area contributed by atoms with Crippen LogP contribution in [-0.4, -0.2) is 48.9 Å². The zero-order chi connectivity index (χ0) is 20.3. The summed E-state index contributed by atoms with van der Waals surface area (Å²) in [7, 11) is 0. The zero-order valence-corrected chi connectivity index (χ0v) is 16.6. The number of aliphatic imine (C=N–C) groups is 2. The number of rotatable bonds is 0. The van der Waals surface area contributed by atoms with Gasteiger partial charge in [-0.3, -0.25) is 9.98 Å². The molecule has 29 heavy (non-hydrogen) atoms. The van der Waals surface area contributed by atoms with Crippen molar-refractivity contribution in [2.45, 2.75) is 32.1 Å². The predicted octanol–water partition coefficient (Wildman–Crippen LogP) is 4.36. The first-order chi connectivity index (χ1) is 14.3. The highest BCUT2D eigenvalue weighted by molar-refractivity contribution is 5.85. The van der Waals surface area contributed by atoms with Crippen molar-refractivity contribution in [3.05, 3.63) is 47.5 Å². The molecule has 0 atom stereocenters. The summed E-state index contributed by atoms with van der Waals surface area (Å²) in [5, 5.41) is 20.7. The third-order valence-corrected chi connectivity index (χ3v) is 4.68. The predicted molar refractivity (Wildman–Crippen MR) is 115 cm³/mol. The van der Waals surface area contributed by atoms with E-state index < -0.39 is 0 Å². The highest BCUT2D eigenvalue weighted by atomic mass is 16.5. The van der Waals surface area contributed by atoms with Crippen LogP contribution >= 0.6 is 0 Å². The fraction of sp³-hybridized carbons (Fsp3) is 0.391. The third kappa shape index (κ3) is 6.24. The lowest BCUT2D eigenvalue weighted by molar-refractivity contribution is 0.279. The van der Waals surface area contributed by atoms with Crippen LogP contribution in [0.15, 0.2) is 46.4 Å². The van der Waals surface area contributed by atoms with E-state index in [-0.39, 0.29) is 11.5 Å². The Morgan fingerprint density at radius 1 is 0.621 bits per heavy atom.